The Morgan fingerprint density at radius 1 is 0.643 bits per heavy atom. The summed E-state index contributed by atoms with van der Waals surface area (Å²) < 4.78 is 0. The molecule has 0 bridgehead atoms. The van der Waals surface area contributed by atoms with E-state index in [-0.39, 0.29) is 31.9 Å². The summed E-state index contributed by atoms with van der Waals surface area (Å²) in [6, 6.07) is 0. The van der Waals surface area contributed by atoms with E-state index >= 15 is 0 Å². The van der Waals surface area contributed by atoms with Gasteiger partial charge >= 0.3 is 19.5 Å². The normalized spacial score (nSPS) is 6.43. The summed E-state index contributed by atoms with van der Waals surface area (Å²) in [5.74, 6) is 0. The standard InChI is InChI=1S/3C4H9.ClH.Rh/c3*1-3-4-2;;/h3*1,3-4H2,2H3;1H;/q3*-1;;+3. The summed E-state index contributed by atoms with van der Waals surface area (Å²) in [7, 11) is 0. The summed E-state index contributed by atoms with van der Waals surface area (Å²) in [6.45, 7) is 17.2. The molecule has 0 aromatic carbocycles. The maximum Gasteiger partial charge on any atom is 3.00 e. The molecule has 0 heterocycles. The van der Waals surface area contributed by atoms with Crippen molar-refractivity contribution in [1.82, 2.24) is 0 Å². The molecule has 0 saturated heterocycles. The van der Waals surface area contributed by atoms with Crippen molar-refractivity contribution in [2.45, 2.75) is 59.3 Å². The van der Waals surface area contributed by atoms with Crippen molar-refractivity contribution in [2.75, 3.05) is 0 Å². The SMILES string of the molecule is Cl.[CH2-]CCC.[CH2-]CCC.[CH2-]CCC.[Rh+3]. The summed E-state index contributed by atoms with van der Waals surface area (Å²) in [5.41, 5.74) is 0. The molecule has 0 spiro atoms. The van der Waals surface area contributed by atoms with Crippen LogP contribution in [0.25, 0.3) is 0 Å². The first kappa shape index (κ1) is 29.4. The van der Waals surface area contributed by atoms with Crippen LogP contribution < -0.4 is 0 Å². The molecule has 0 saturated carbocycles. The van der Waals surface area contributed by atoms with E-state index in [2.05, 4.69) is 41.5 Å². The fourth-order valence-corrected chi connectivity index (χ4v) is 0. The Balaban J connectivity index is -0.0000000270. The van der Waals surface area contributed by atoms with Crippen LogP contribution in [0.1, 0.15) is 59.3 Å². The molecule has 2 heteroatoms. The summed E-state index contributed by atoms with van der Waals surface area (Å²) in [6.07, 6.45) is 6.83. The third kappa shape index (κ3) is 120. The van der Waals surface area contributed by atoms with Crippen molar-refractivity contribution >= 4 is 12.4 Å². The van der Waals surface area contributed by atoms with Crippen molar-refractivity contribution in [3.63, 3.8) is 0 Å². The second kappa shape index (κ2) is 48.5. The molecule has 92 valence electrons. The first-order valence-electron chi connectivity index (χ1n) is 5.12. The van der Waals surface area contributed by atoms with Gasteiger partial charge in [-0.25, -0.2) is 0 Å². The predicted octanol–water partition coefficient (Wildman–Crippen LogP) is 5.28. The molecule has 0 amide bonds. The van der Waals surface area contributed by atoms with Crippen molar-refractivity contribution < 1.29 is 19.5 Å². The Morgan fingerprint density at radius 3 is 0.714 bits per heavy atom. The van der Waals surface area contributed by atoms with Crippen LogP contribution in [0.4, 0.5) is 0 Å². The van der Waals surface area contributed by atoms with Crippen molar-refractivity contribution in [2.24, 2.45) is 0 Å². The van der Waals surface area contributed by atoms with Crippen LogP contribution >= 0.6 is 12.4 Å². The zero-order valence-corrected chi connectivity index (χ0v) is 12.6. The Labute approximate surface area is 112 Å². The Bertz CT molecular complexity index is 25.8. The van der Waals surface area contributed by atoms with Gasteiger partial charge in [0.2, 0.25) is 0 Å². The van der Waals surface area contributed by atoms with Crippen LogP contribution in [0.15, 0.2) is 0 Å². The largest absolute Gasteiger partial charge is 3.00 e. The van der Waals surface area contributed by atoms with Gasteiger partial charge in [-0.3, -0.25) is 0 Å². The minimum absolute atomic E-state index is 0. The van der Waals surface area contributed by atoms with Crippen LogP contribution in [0.2, 0.25) is 0 Å². The average Bonchev–Trinajstić information content (AvgIpc) is 2.18. The minimum Gasteiger partial charge on any atom is -0.343 e. The zero-order valence-electron chi connectivity index (χ0n) is 10.1. The topological polar surface area (TPSA) is 0 Å². The molecule has 0 fully saturated rings. The molecule has 14 heavy (non-hydrogen) atoms. The molecule has 0 N–H and O–H groups in total. The summed E-state index contributed by atoms with van der Waals surface area (Å²) in [4.78, 5) is 0. The molecule has 0 nitrogen and oxygen atoms in total. The van der Waals surface area contributed by atoms with Crippen molar-refractivity contribution in [3.8, 4) is 0 Å². The maximum absolute atomic E-state index is 3.60. The van der Waals surface area contributed by atoms with Crippen LogP contribution in [0.3, 0.4) is 0 Å². The third-order valence-corrected chi connectivity index (χ3v) is 1.06. The van der Waals surface area contributed by atoms with E-state index in [4.69, 9.17) is 0 Å². The molecule has 0 aromatic heterocycles. The molecular formula is C12H28ClRh. The van der Waals surface area contributed by atoms with Gasteiger partial charge in [0.25, 0.3) is 0 Å². The van der Waals surface area contributed by atoms with Crippen LogP contribution in [-0.4, -0.2) is 0 Å². The quantitative estimate of drug-likeness (QED) is 0.491. The second-order valence-corrected chi connectivity index (χ2v) is 2.56. The molecule has 0 aliphatic carbocycles. The Kier molecular flexibility index (Phi) is 102. The third-order valence-electron chi connectivity index (χ3n) is 1.06. The Morgan fingerprint density at radius 2 is 0.714 bits per heavy atom. The van der Waals surface area contributed by atoms with Gasteiger partial charge in [0, 0.05) is 0 Å². The van der Waals surface area contributed by atoms with Crippen LogP contribution in [0, 0.1) is 20.8 Å². The van der Waals surface area contributed by atoms with E-state index in [1.807, 2.05) is 0 Å². The molecule has 0 atom stereocenters. The van der Waals surface area contributed by atoms with Gasteiger partial charge in [0.1, 0.15) is 0 Å². The first-order valence-corrected chi connectivity index (χ1v) is 5.12. The fraction of sp³-hybridized carbons (Fsp3) is 0.750. The van der Waals surface area contributed by atoms with E-state index in [0.29, 0.717) is 0 Å². The van der Waals surface area contributed by atoms with Gasteiger partial charge in [-0.15, -0.1) is 12.4 Å². The van der Waals surface area contributed by atoms with E-state index in [0.717, 1.165) is 19.3 Å². The fourth-order valence-electron chi connectivity index (χ4n) is 0. The van der Waals surface area contributed by atoms with E-state index in [9.17, 15) is 0 Å². The monoisotopic (exact) mass is 310 g/mol. The second-order valence-electron chi connectivity index (χ2n) is 2.56. The number of hydrogen-bond donors (Lipinski definition) is 0. The van der Waals surface area contributed by atoms with Gasteiger partial charge in [-0.1, -0.05) is 40.0 Å². The molecule has 0 rings (SSSR count). The molecule has 0 aliphatic heterocycles. The van der Waals surface area contributed by atoms with E-state index in [1.54, 1.807) is 0 Å². The van der Waals surface area contributed by atoms with Crippen LogP contribution in [-0.2, 0) is 19.5 Å². The smallest absolute Gasteiger partial charge is 0.343 e. The summed E-state index contributed by atoms with van der Waals surface area (Å²) >= 11 is 0. The van der Waals surface area contributed by atoms with Crippen molar-refractivity contribution in [3.05, 3.63) is 20.8 Å². The van der Waals surface area contributed by atoms with Gasteiger partial charge in [-0.05, 0) is 0 Å². The molecule has 0 aliphatic rings. The number of hydrogen-bond acceptors (Lipinski definition) is 0. The van der Waals surface area contributed by atoms with Gasteiger partial charge in [0.15, 0.2) is 0 Å². The molecule has 0 unspecified atom stereocenters. The zero-order chi connectivity index (χ0) is 10.2. The maximum atomic E-state index is 3.60. The molecular weight excluding hydrogens is 282 g/mol. The summed E-state index contributed by atoms with van der Waals surface area (Å²) in [5, 5.41) is 0. The molecule has 0 radical (unpaired) electrons. The predicted molar refractivity (Wildman–Crippen MR) is 68.0 cm³/mol. The van der Waals surface area contributed by atoms with Crippen LogP contribution in [0.5, 0.6) is 0 Å². The minimum atomic E-state index is 0. The Hall–Kier alpha value is 0.913. The van der Waals surface area contributed by atoms with Gasteiger partial charge < -0.3 is 20.8 Å². The number of rotatable bonds is 3. The van der Waals surface area contributed by atoms with E-state index < -0.39 is 0 Å². The van der Waals surface area contributed by atoms with Gasteiger partial charge in [0.05, 0.1) is 0 Å². The first-order chi connectivity index (χ1) is 5.74. The van der Waals surface area contributed by atoms with E-state index in [1.165, 1.54) is 19.3 Å². The molecule has 0 aromatic rings. The van der Waals surface area contributed by atoms with Gasteiger partial charge in [-0.2, -0.15) is 19.3 Å². The number of unbranched alkanes of at least 4 members (excludes halogenated alkanes) is 3. The average molecular weight is 311 g/mol. The van der Waals surface area contributed by atoms with Crippen molar-refractivity contribution in [1.29, 1.82) is 0 Å². The number of halogens is 1.